The van der Waals surface area contributed by atoms with E-state index < -0.39 is 41.1 Å². The molecule has 9 rings (SSSR count). The molecule has 1 radical (unpaired) electrons. The van der Waals surface area contributed by atoms with E-state index in [1.54, 1.807) is 42.5 Å². The van der Waals surface area contributed by atoms with Gasteiger partial charge in [-0.15, -0.1) is 47.5 Å². The van der Waals surface area contributed by atoms with Crippen LogP contribution in [0.1, 0.15) is 84.4 Å². The van der Waals surface area contributed by atoms with Crippen LogP contribution in [0.15, 0.2) is 144 Å². The summed E-state index contributed by atoms with van der Waals surface area (Å²) < 4.78 is 151. The van der Waals surface area contributed by atoms with Crippen molar-refractivity contribution in [2.45, 2.75) is 67.3 Å². The SMILES string of the molecule is [2H]C([2H])([2H])c1ccc(-c2[c-]cc(C([2H])([2H])[2H])c(-c3ccccc3)c2)nc1.[2H]C([2H])([2H])c1ccc2oc3c(-c4cc(-c5cc(C([2H])([2H])[2H])c(-c6ccc(C(C)(C)C)cc6)cc5C([2H])([2H])[2H])c(C([2H])([2H])[2H])cn4)[c-]ccc3c2c1.[Ir]. The molecule has 0 spiro atoms. The van der Waals surface area contributed by atoms with Crippen molar-refractivity contribution >= 4 is 21.9 Å². The minimum absolute atomic E-state index is 0. The molecule has 0 aliphatic rings. The fraction of sp³-hybridized carbons (Fsp3) is 0.179. The molecular weight excluding hydrogens is 909 g/mol. The van der Waals surface area contributed by atoms with E-state index in [-0.39, 0.29) is 81.3 Å². The van der Waals surface area contributed by atoms with Crippen LogP contribution in [0.2, 0.25) is 0 Å². The van der Waals surface area contributed by atoms with Crippen molar-refractivity contribution in [3.05, 3.63) is 191 Å². The van der Waals surface area contributed by atoms with E-state index in [4.69, 9.17) is 29.1 Å². The fourth-order valence-electron chi connectivity index (χ4n) is 7.01. The van der Waals surface area contributed by atoms with Gasteiger partial charge in [-0.2, -0.15) is 0 Å². The Morgan fingerprint density at radius 2 is 1.23 bits per heavy atom. The maximum atomic E-state index is 8.51. The van der Waals surface area contributed by atoms with Crippen LogP contribution in [0.25, 0.3) is 77.8 Å². The first kappa shape index (κ1) is 25.0. The van der Waals surface area contributed by atoms with Crippen LogP contribution >= 0.6 is 0 Å². The van der Waals surface area contributed by atoms with E-state index in [9.17, 15) is 0 Å². The van der Waals surface area contributed by atoms with Crippen LogP contribution < -0.4 is 0 Å². The van der Waals surface area contributed by atoms with E-state index >= 15 is 0 Å². The van der Waals surface area contributed by atoms with E-state index in [1.807, 2.05) is 63.2 Å². The molecule has 0 unspecified atom stereocenters. The zero-order valence-electron chi connectivity index (χ0n) is 50.9. The maximum absolute atomic E-state index is 8.51. The number of furan rings is 1. The van der Waals surface area contributed by atoms with Gasteiger partial charge in [-0.05, 0) is 119 Å². The van der Waals surface area contributed by atoms with Crippen LogP contribution in [0.4, 0.5) is 0 Å². The molecule has 3 nitrogen and oxygen atoms in total. The topological polar surface area (TPSA) is 38.9 Å². The molecule has 0 aliphatic carbocycles. The first-order chi connectivity index (χ1) is 35.6. The molecule has 9 aromatic rings. The van der Waals surface area contributed by atoms with Crippen LogP contribution in [0.5, 0.6) is 0 Å². The fourth-order valence-corrected chi connectivity index (χ4v) is 7.01. The van der Waals surface area contributed by atoms with Crippen molar-refractivity contribution < 1.29 is 49.2 Å². The zero-order valence-corrected chi connectivity index (χ0v) is 35.3. The average molecular weight is 977 g/mol. The quantitative estimate of drug-likeness (QED) is 0.161. The average Bonchev–Trinajstić information content (AvgIpc) is 3.87. The van der Waals surface area contributed by atoms with E-state index in [0.717, 1.165) is 17.3 Å². The van der Waals surface area contributed by atoms with Gasteiger partial charge in [0.1, 0.15) is 5.58 Å². The second kappa shape index (κ2) is 17.3. The molecule has 0 bridgehead atoms. The van der Waals surface area contributed by atoms with Crippen LogP contribution in [0, 0.1) is 53.2 Å². The summed E-state index contributed by atoms with van der Waals surface area (Å²) in [6.45, 7) is -8.91. The van der Waals surface area contributed by atoms with Crippen molar-refractivity contribution in [3.8, 4) is 55.9 Å². The second-order valence-corrected chi connectivity index (χ2v) is 15.3. The predicted molar refractivity (Wildman–Crippen MR) is 248 cm³/mol. The Kier molecular flexibility index (Phi) is 7.22. The number of fused-ring (bicyclic) bond motifs is 3. The van der Waals surface area contributed by atoms with Crippen molar-refractivity contribution in [2.24, 2.45) is 0 Å². The van der Waals surface area contributed by atoms with Gasteiger partial charge in [0.15, 0.2) is 0 Å². The van der Waals surface area contributed by atoms with E-state index in [2.05, 4.69) is 22.1 Å². The summed E-state index contributed by atoms with van der Waals surface area (Å²) in [5.41, 5.74) is 5.04. The molecule has 301 valence electrons. The molecule has 3 aromatic heterocycles. The molecule has 0 aliphatic heterocycles. The molecule has 0 saturated carbocycles. The monoisotopic (exact) mass is 977 g/mol. The van der Waals surface area contributed by atoms with Gasteiger partial charge in [-0.25, -0.2) is 0 Å². The Morgan fingerprint density at radius 1 is 0.550 bits per heavy atom. The van der Waals surface area contributed by atoms with Gasteiger partial charge in [-0.1, -0.05) is 141 Å². The number of aromatic nitrogens is 2. The third-order valence-electron chi connectivity index (χ3n) is 10.2. The van der Waals surface area contributed by atoms with Crippen LogP contribution in [0.3, 0.4) is 0 Å². The number of aryl methyl sites for hydroxylation is 6. The summed E-state index contributed by atoms with van der Waals surface area (Å²) in [5, 5.41) is 1.12. The molecule has 0 saturated heterocycles. The third kappa shape index (κ3) is 8.68. The second-order valence-electron chi connectivity index (χ2n) is 15.3. The van der Waals surface area contributed by atoms with Crippen molar-refractivity contribution in [2.75, 3.05) is 0 Å². The van der Waals surface area contributed by atoms with Gasteiger partial charge in [0.2, 0.25) is 0 Å². The molecule has 0 amide bonds. The Hall–Kier alpha value is -5.93. The molecule has 0 fully saturated rings. The number of hydrogen-bond donors (Lipinski definition) is 0. The summed E-state index contributed by atoms with van der Waals surface area (Å²) in [5.74, 6) is 0. The molecule has 3 heterocycles. The van der Waals surface area contributed by atoms with Gasteiger partial charge in [0.05, 0.1) is 5.58 Å². The molecule has 0 N–H and O–H groups in total. The number of hydrogen-bond acceptors (Lipinski definition) is 3. The summed E-state index contributed by atoms with van der Waals surface area (Å²) in [4.78, 5) is 8.65. The molecule has 60 heavy (non-hydrogen) atoms. The van der Waals surface area contributed by atoms with Gasteiger partial charge in [0, 0.05) is 62.6 Å². The first-order valence-electron chi connectivity index (χ1n) is 27.9. The minimum atomic E-state index is -2.77. The number of benzene rings is 6. The largest absolute Gasteiger partial charge is 0.501 e. The Bertz CT molecular complexity index is 3620. The van der Waals surface area contributed by atoms with Gasteiger partial charge in [-0.3, -0.25) is 0 Å². The van der Waals surface area contributed by atoms with E-state index in [1.165, 1.54) is 48.7 Å². The summed E-state index contributed by atoms with van der Waals surface area (Å²) in [7, 11) is 0. The predicted octanol–water partition coefficient (Wildman–Crippen LogP) is 15.1. The third-order valence-corrected chi connectivity index (χ3v) is 10.2. The van der Waals surface area contributed by atoms with E-state index in [0.29, 0.717) is 49.9 Å². The molecular formula is C56H50IrN2O-2. The maximum Gasteiger partial charge on any atom is 0.120 e. The molecule has 6 aromatic carbocycles. The molecule has 0 atom stereocenters. The van der Waals surface area contributed by atoms with Crippen molar-refractivity contribution in [1.82, 2.24) is 9.97 Å². The number of rotatable bonds is 5. The minimum Gasteiger partial charge on any atom is -0.501 e. The van der Waals surface area contributed by atoms with Gasteiger partial charge >= 0.3 is 0 Å². The standard InChI is InChI=1S/C37H34NO.C19H16N.Ir/c1-22-11-16-35-33(17-22)28-9-8-10-29(36(28)39-35)34-20-32(25(4)21-38-34)31-19-23(2)30(18-24(31)3)26-12-14-27(15-13-26)37(5,6)7;1-14-8-11-19(20-13-14)17-10-9-15(2)18(12-17)16-6-4-3-5-7-16;/h8-9,11-21H,1-7H3;3-9,11-13H,1-2H3;/q2*-1;/i1D3,2D3,3D3,4D3;1D3,2D3;. The molecule has 4 heteroatoms. The van der Waals surface area contributed by atoms with Crippen LogP contribution in [-0.2, 0) is 25.5 Å². The Labute approximate surface area is 394 Å². The van der Waals surface area contributed by atoms with Crippen molar-refractivity contribution in [3.63, 3.8) is 0 Å². The number of pyridine rings is 2. The number of nitrogens with zero attached hydrogens (tertiary/aromatic N) is 2. The normalized spacial score (nSPS) is 17.0. The first-order valence-corrected chi connectivity index (χ1v) is 18.9. The van der Waals surface area contributed by atoms with Crippen LogP contribution in [-0.4, -0.2) is 9.97 Å². The smallest absolute Gasteiger partial charge is 0.120 e. The summed E-state index contributed by atoms with van der Waals surface area (Å²) in [6, 6.07) is 40.8. The zero-order chi connectivity index (χ0) is 56.4. The summed E-state index contributed by atoms with van der Waals surface area (Å²) >= 11 is 0. The van der Waals surface area contributed by atoms with Gasteiger partial charge < -0.3 is 14.4 Å². The van der Waals surface area contributed by atoms with Crippen molar-refractivity contribution in [1.29, 1.82) is 0 Å². The van der Waals surface area contributed by atoms with Gasteiger partial charge in [0.25, 0.3) is 0 Å². The summed E-state index contributed by atoms with van der Waals surface area (Å²) in [6.07, 6.45) is 2.45. The Morgan fingerprint density at radius 3 is 1.95 bits per heavy atom. The Balaban J connectivity index is 0.000000274.